The molecule has 1 aliphatic rings. The number of amides is 1. The Morgan fingerprint density at radius 1 is 1.11 bits per heavy atom. The Balaban J connectivity index is 1.69. The first-order valence-corrected chi connectivity index (χ1v) is 9.85. The highest BCUT2D eigenvalue weighted by Crippen LogP contribution is 2.42. The van der Waals surface area contributed by atoms with Gasteiger partial charge in [0.05, 0.1) is 11.7 Å². The normalized spacial score (nSPS) is 15.1. The van der Waals surface area contributed by atoms with Crippen molar-refractivity contribution in [2.24, 2.45) is 0 Å². The molecule has 0 bridgehead atoms. The third kappa shape index (κ3) is 5.09. The van der Waals surface area contributed by atoms with Gasteiger partial charge in [0, 0.05) is 28.9 Å². The van der Waals surface area contributed by atoms with Gasteiger partial charge in [-0.1, -0.05) is 23.2 Å². The Morgan fingerprint density at radius 2 is 1.75 bits per heavy atom. The number of nitrogens with zero attached hydrogens (tertiary/aromatic N) is 2. The van der Waals surface area contributed by atoms with Crippen LogP contribution in [0.2, 0.25) is 10.0 Å². The second kappa shape index (κ2) is 7.80. The fourth-order valence-corrected chi connectivity index (χ4v) is 3.36. The average molecular weight is 423 g/mol. The van der Waals surface area contributed by atoms with Crippen molar-refractivity contribution in [1.29, 1.82) is 0 Å². The Kier molecular flexibility index (Phi) is 5.78. The van der Waals surface area contributed by atoms with Crippen molar-refractivity contribution >= 4 is 29.3 Å². The number of halogens is 2. The molecule has 5 nitrogen and oxygen atoms in total. The molecule has 0 N–H and O–H groups in total. The zero-order valence-corrected chi connectivity index (χ0v) is 18.0. The van der Waals surface area contributed by atoms with Gasteiger partial charge < -0.3 is 14.4 Å². The molecular formula is C21H24Cl2N2O3. The predicted octanol–water partition coefficient (Wildman–Crippen LogP) is 5.83. The number of aromatic nitrogens is 1. The molecule has 1 amide bonds. The van der Waals surface area contributed by atoms with Gasteiger partial charge in [-0.05, 0) is 63.4 Å². The summed E-state index contributed by atoms with van der Waals surface area (Å²) in [6, 6.07) is 7.22. The zero-order valence-electron chi connectivity index (χ0n) is 16.5. The van der Waals surface area contributed by atoms with Crippen LogP contribution in [0.4, 0.5) is 4.79 Å². The van der Waals surface area contributed by atoms with Crippen molar-refractivity contribution < 1.29 is 14.3 Å². The maximum atomic E-state index is 12.4. The first kappa shape index (κ1) is 20.7. The summed E-state index contributed by atoms with van der Waals surface area (Å²) >= 11 is 12.2. The van der Waals surface area contributed by atoms with E-state index in [1.54, 1.807) is 30.4 Å². The largest absolute Gasteiger partial charge is 0.490 e. The van der Waals surface area contributed by atoms with Crippen LogP contribution in [0.5, 0.6) is 5.75 Å². The highest BCUT2D eigenvalue weighted by Gasteiger charge is 2.50. The number of hydrogen-bond acceptors (Lipinski definition) is 4. The molecule has 150 valence electrons. The van der Waals surface area contributed by atoms with Gasteiger partial charge >= 0.3 is 6.09 Å². The number of ether oxygens (including phenoxy) is 2. The lowest BCUT2D eigenvalue weighted by atomic mass is 10.1. The lowest BCUT2D eigenvalue weighted by molar-refractivity contribution is 0.0139. The van der Waals surface area contributed by atoms with Crippen LogP contribution in [0.1, 0.15) is 33.6 Å². The summed E-state index contributed by atoms with van der Waals surface area (Å²) in [4.78, 5) is 18.3. The van der Waals surface area contributed by atoms with Gasteiger partial charge in [0.1, 0.15) is 18.0 Å². The van der Waals surface area contributed by atoms with Gasteiger partial charge in [-0.25, -0.2) is 4.79 Å². The van der Waals surface area contributed by atoms with Gasteiger partial charge in [0.15, 0.2) is 0 Å². The van der Waals surface area contributed by atoms with E-state index in [1.807, 2.05) is 39.0 Å². The fraction of sp³-hybridized carbons (Fsp3) is 0.429. The van der Waals surface area contributed by atoms with Crippen molar-refractivity contribution in [3.05, 3.63) is 46.7 Å². The maximum Gasteiger partial charge on any atom is 0.410 e. The smallest absolute Gasteiger partial charge is 0.410 e. The second-order valence-electron chi connectivity index (χ2n) is 8.12. The molecule has 3 rings (SSSR count). The molecule has 0 spiro atoms. The van der Waals surface area contributed by atoms with Crippen LogP contribution in [0.3, 0.4) is 0 Å². The molecule has 2 aromatic rings. The van der Waals surface area contributed by atoms with Crippen LogP contribution in [0.25, 0.3) is 11.1 Å². The maximum absolute atomic E-state index is 12.4. The van der Waals surface area contributed by atoms with Gasteiger partial charge in [0.2, 0.25) is 0 Å². The predicted molar refractivity (Wildman–Crippen MR) is 111 cm³/mol. The molecule has 7 heteroatoms. The van der Waals surface area contributed by atoms with E-state index in [2.05, 4.69) is 4.98 Å². The Morgan fingerprint density at radius 3 is 2.32 bits per heavy atom. The molecule has 0 aliphatic heterocycles. The van der Waals surface area contributed by atoms with Crippen molar-refractivity contribution in [3.63, 3.8) is 0 Å². The number of benzene rings is 1. The van der Waals surface area contributed by atoms with E-state index < -0.39 is 5.60 Å². The topological polar surface area (TPSA) is 51.7 Å². The number of pyridine rings is 1. The Labute approximate surface area is 175 Å². The fourth-order valence-electron chi connectivity index (χ4n) is 2.84. The molecular weight excluding hydrogens is 399 g/mol. The number of rotatable bonds is 5. The minimum atomic E-state index is -0.529. The molecule has 28 heavy (non-hydrogen) atoms. The van der Waals surface area contributed by atoms with Gasteiger partial charge in [-0.15, -0.1) is 0 Å². The van der Waals surface area contributed by atoms with E-state index in [0.29, 0.717) is 22.4 Å². The number of hydrogen-bond donors (Lipinski definition) is 0. The minimum Gasteiger partial charge on any atom is -0.490 e. The highest BCUT2D eigenvalue weighted by molar-refractivity contribution is 6.35. The van der Waals surface area contributed by atoms with E-state index in [4.69, 9.17) is 32.7 Å². The van der Waals surface area contributed by atoms with E-state index in [0.717, 1.165) is 24.0 Å². The van der Waals surface area contributed by atoms with Crippen LogP contribution in [-0.2, 0) is 4.74 Å². The van der Waals surface area contributed by atoms with Gasteiger partial charge in [-0.2, -0.15) is 0 Å². The third-order valence-corrected chi connectivity index (χ3v) is 5.06. The molecule has 1 aliphatic carbocycles. The lowest BCUT2D eigenvalue weighted by Gasteiger charge is -2.30. The zero-order chi connectivity index (χ0) is 20.5. The first-order valence-electron chi connectivity index (χ1n) is 9.09. The van der Waals surface area contributed by atoms with Crippen LogP contribution < -0.4 is 4.74 Å². The molecule has 0 atom stereocenters. The van der Waals surface area contributed by atoms with Crippen LogP contribution >= 0.6 is 23.2 Å². The van der Waals surface area contributed by atoms with E-state index >= 15 is 0 Å². The molecule has 1 aromatic carbocycles. The van der Waals surface area contributed by atoms with Crippen molar-refractivity contribution in [2.45, 2.75) is 44.8 Å². The highest BCUT2D eigenvalue weighted by atomic mass is 35.5. The molecule has 0 saturated heterocycles. The van der Waals surface area contributed by atoms with Crippen molar-refractivity contribution in [3.8, 4) is 16.9 Å². The summed E-state index contributed by atoms with van der Waals surface area (Å²) < 4.78 is 11.5. The van der Waals surface area contributed by atoms with Crippen molar-refractivity contribution in [2.75, 3.05) is 13.7 Å². The van der Waals surface area contributed by atoms with Gasteiger partial charge in [0.25, 0.3) is 0 Å². The summed E-state index contributed by atoms with van der Waals surface area (Å²) in [5, 5.41) is 1.12. The number of likely N-dealkylation sites (N-methyl/N-ethyl adjacent to an activating group) is 1. The summed E-state index contributed by atoms with van der Waals surface area (Å²) in [5.74, 6) is 0.623. The van der Waals surface area contributed by atoms with E-state index in [1.165, 1.54) is 0 Å². The second-order valence-corrected chi connectivity index (χ2v) is 8.99. The molecule has 1 saturated carbocycles. The molecule has 0 unspecified atom stereocenters. The van der Waals surface area contributed by atoms with Crippen LogP contribution in [-0.4, -0.2) is 40.8 Å². The SMILES string of the molecule is CN(C(=O)OC(C)(C)C)C1(COc2cncc(-c3cc(Cl)cc(Cl)c3)c2)CC1. The molecule has 1 heterocycles. The van der Waals surface area contributed by atoms with Crippen LogP contribution in [0, 0.1) is 0 Å². The monoisotopic (exact) mass is 422 g/mol. The summed E-state index contributed by atoms with van der Waals surface area (Å²) in [7, 11) is 1.76. The lowest BCUT2D eigenvalue weighted by Crippen LogP contribution is -2.45. The summed E-state index contributed by atoms with van der Waals surface area (Å²) in [6.07, 6.45) is 4.79. The van der Waals surface area contributed by atoms with Crippen LogP contribution in [0.15, 0.2) is 36.7 Å². The molecule has 0 radical (unpaired) electrons. The first-order chi connectivity index (χ1) is 13.1. The minimum absolute atomic E-state index is 0.336. The van der Waals surface area contributed by atoms with Crippen molar-refractivity contribution in [1.82, 2.24) is 9.88 Å². The third-order valence-electron chi connectivity index (χ3n) is 4.62. The average Bonchev–Trinajstić information content (AvgIpc) is 3.38. The molecule has 1 fully saturated rings. The quantitative estimate of drug-likeness (QED) is 0.607. The summed E-state index contributed by atoms with van der Waals surface area (Å²) in [5.41, 5.74) is 0.853. The number of carbonyl (C=O) groups is 1. The summed E-state index contributed by atoms with van der Waals surface area (Å²) in [6.45, 7) is 5.94. The number of carbonyl (C=O) groups excluding carboxylic acids is 1. The standard InChI is InChI=1S/C21H24Cl2N2O3/c1-20(2,3)28-19(26)25(4)21(5-6-21)13-27-18-9-15(11-24-12-18)14-7-16(22)10-17(23)8-14/h7-12H,5-6,13H2,1-4H3. The Bertz CT molecular complexity index is 856. The van der Waals surface area contributed by atoms with Gasteiger partial charge in [-0.3, -0.25) is 4.98 Å². The van der Waals surface area contributed by atoms with E-state index in [-0.39, 0.29) is 11.6 Å². The van der Waals surface area contributed by atoms with E-state index in [9.17, 15) is 4.79 Å². The molecule has 1 aromatic heterocycles. The Hall–Kier alpha value is -1.98.